The van der Waals surface area contributed by atoms with Gasteiger partial charge in [0.25, 0.3) is 0 Å². The van der Waals surface area contributed by atoms with E-state index in [1.807, 2.05) is 12.1 Å². The summed E-state index contributed by atoms with van der Waals surface area (Å²) in [5.41, 5.74) is 1.54. The van der Waals surface area contributed by atoms with Gasteiger partial charge >= 0.3 is 9.28 Å². The quantitative estimate of drug-likeness (QED) is 0.508. The molecule has 1 aliphatic heterocycles. The topological polar surface area (TPSA) is 21.7 Å². The van der Waals surface area contributed by atoms with Crippen molar-refractivity contribution in [1.29, 1.82) is 0 Å². The first-order valence-electron chi connectivity index (χ1n) is 9.44. The lowest BCUT2D eigenvalue weighted by Crippen LogP contribution is -2.62. The second kappa shape index (κ2) is 8.63. The zero-order valence-corrected chi connectivity index (χ0v) is 17.8. The van der Waals surface area contributed by atoms with Crippen molar-refractivity contribution in [3.8, 4) is 0 Å². The highest BCUT2D eigenvalue weighted by Gasteiger charge is 2.45. The van der Waals surface area contributed by atoms with Crippen LogP contribution < -0.4 is 0 Å². The summed E-state index contributed by atoms with van der Waals surface area (Å²) in [7, 11) is -1.61. The predicted octanol–water partition coefficient (Wildman–Crippen LogP) is 4.32. The molecule has 140 valence electrons. The van der Waals surface area contributed by atoms with Gasteiger partial charge in [0.1, 0.15) is 0 Å². The van der Waals surface area contributed by atoms with Gasteiger partial charge in [-0.1, -0.05) is 36.4 Å². The molecule has 0 bridgehead atoms. The summed E-state index contributed by atoms with van der Waals surface area (Å²) in [6, 6.07) is 10.5. The Balaban J connectivity index is 1.84. The molecule has 0 amide bonds. The number of hydrogen-bond acceptors (Lipinski definition) is 3. The van der Waals surface area contributed by atoms with Crippen LogP contribution in [-0.4, -0.2) is 44.5 Å². The van der Waals surface area contributed by atoms with Crippen LogP contribution in [0.4, 0.5) is 0 Å². The van der Waals surface area contributed by atoms with E-state index in [0.29, 0.717) is 0 Å². The average molecular weight is 362 g/mol. The molecule has 1 unspecified atom stereocenters. The van der Waals surface area contributed by atoms with Gasteiger partial charge in [-0.05, 0) is 59.1 Å². The fraction of sp³-hybridized carbons (Fsp3) is 0.619. The molecule has 0 spiro atoms. The molecular weight excluding hydrogens is 326 g/mol. The molecule has 2 rings (SSSR count). The van der Waals surface area contributed by atoms with Crippen LogP contribution in [0.3, 0.4) is 0 Å². The van der Waals surface area contributed by atoms with Gasteiger partial charge in [-0.3, -0.25) is 4.90 Å². The second-order valence-electron chi connectivity index (χ2n) is 8.36. The Morgan fingerprint density at radius 2 is 1.76 bits per heavy atom. The third-order valence-electron chi connectivity index (χ3n) is 5.20. The van der Waals surface area contributed by atoms with Crippen LogP contribution >= 0.6 is 0 Å². The van der Waals surface area contributed by atoms with Crippen LogP contribution in [0.25, 0.3) is 0 Å². The average Bonchev–Trinajstić information content (AvgIpc) is 2.51. The highest BCUT2D eigenvalue weighted by atomic mass is 28.3. The van der Waals surface area contributed by atoms with E-state index in [1.165, 1.54) is 5.56 Å². The monoisotopic (exact) mass is 361 g/mol. The van der Waals surface area contributed by atoms with Gasteiger partial charge in [-0.25, -0.2) is 0 Å². The molecule has 1 heterocycles. The Morgan fingerprint density at radius 1 is 1.16 bits per heavy atom. The lowest BCUT2D eigenvalue weighted by Gasteiger charge is -2.55. The summed E-state index contributed by atoms with van der Waals surface area (Å²) in [6.07, 6.45) is 5.34. The third-order valence-corrected chi connectivity index (χ3v) is 6.67. The zero-order chi connectivity index (χ0) is 18.5. The normalized spacial score (nSPS) is 21.8. The van der Waals surface area contributed by atoms with Crippen LogP contribution in [-0.2, 0) is 15.3 Å². The zero-order valence-electron chi connectivity index (χ0n) is 16.6. The summed E-state index contributed by atoms with van der Waals surface area (Å²) >= 11 is 0. The molecule has 1 aromatic rings. The predicted molar refractivity (Wildman–Crippen MR) is 108 cm³/mol. The van der Waals surface area contributed by atoms with E-state index in [9.17, 15) is 0 Å². The first-order chi connectivity index (χ1) is 11.7. The van der Waals surface area contributed by atoms with Crippen molar-refractivity contribution in [1.82, 2.24) is 4.90 Å². The van der Waals surface area contributed by atoms with E-state index in [0.717, 1.165) is 32.4 Å². The summed E-state index contributed by atoms with van der Waals surface area (Å²) in [5, 5.41) is 0. The van der Waals surface area contributed by atoms with Crippen molar-refractivity contribution in [3.05, 3.63) is 48.6 Å². The van der Waals surface area contributed by atoms with Crippen molar-refractivity contribution >= 4 is 9.28 Å². The minimum atomic E-state index is -1.61. The summed E-state index contributed by atoms with van der Waals surface area (Å²) < 4.78 is 12.4. The highest BCUT2D eigenvalue weighted by molar-refractivity contribution is 6.42. The number of likely N-dealkylation sites (tertiary alicyclic amines) is 1. The minimum Gasteiger partial charge on any atom is -0.396 e. The van der Waals surface area contributed by atoms with Gasteiger partial charge in [-0.2, -0.15) is 0 Å². The lowest BCUT2D eigenvalue weighted by molar-refractivity contribution is -0.0713. The van der Waals surface area contributed by atoms with Crippen molar-refractivity contribution in [2.45, 2.75) is 70.7 Å². The van der Waals surface area contributed by atoms with E-state index in [1.54, 1.807) is 0 Å². The molecule has 0 aromatic heterocycles. The summed E-state index contributed by atoms with van der Waals surface area (Å²) in [4.78, 5) is 2.55. The summed E-state index contributed by atoms with van der Waals surface area (Å²) in [5.74, 6) is 0. The Labute approximate surface area is 155 Å². The number of piperidine rings is 1. The molecule has 3 nitrogen and oxygen atoms in total. The van der Waals surface area contributed by atoms with Gasteiger partial charge < -0.3 is 8.85 Å². The maximum absolute atomic E-state index is 6.39. The van der Waals surface area contributed by atoms with E-state index in [4.69, 9.17) is 8.85 Å². The molecule has 25 heavy (non-hydrogen) atoms. The van der Waals surface area contributed by atoms with E-state index in [2.05, 4.69) is 70.0 Å². The number of nitrogens with zero attached hydrogens (tertiary/aromatic N) is 1. The van der Waals surface area contributed by atoms with Gasteiger partial charge in [0, 0.05) is 24.2 Å². The molecule has 1 fully saturated rings. The minimum absolute atomic E-state index is 0.110. The molecule has 0 N–H and O–H groups in total. The first-order valence-corrected chi connectivity index (χ1v) is 11.5. The smallest absolute Gasteiger partial charge is 0.318 e. The van der Waals surface area contributed by atoms with Crippen molar-refractivity contribution < 1.29 is 8.85 Å². The lowest BCUT2D eigenvalue weighted by atomic mass is 9.78. The molecule has 4 heteroatoms. The maximum Gasteiger partial charge on any atom is 0.318 e. The SMILES string of the molecule is C=CCN1C(C)(C)CC(O[SiH](C)OCCc2ccccc2)CC1(C)C. The fourth-order valence-corrected chi connectivity index (χ4v) is 5.51. The van der Waals surface area contributed by atoms with Crippen molar-refractivity contribution in [2.75, 3.05) is 13.2 Å². The Bertz CT molecular complexity index is 526. The number of rotatable bonds is 8. The number of benzene rings is 1. The van der Waals surface area contributed by atoms with E-state index >= 15 is 0 Å². The molecule has 0 saturated carbocycles. The van der Waals surface area contributed by atoms with Gasteiger partial charge in [0.2, 0.25) is 0 Å². The van der Waals surface area contributed by atoms with Gasteiger partial charge in [0.15, 0.2) is 0 Å². The first kappa shape index (κ1) is 20.4. The standard InChI is InChI=1S/C21H35NO2Si/c1-7-14-22-20(2,3)16-19(17-21(22,4)5)24-25(6)23-15-13-18-11-9-8-10-12-18/h7-12,19,25H,1,13-17H2,2-6H3. The summed E-state index contributed by atoms with van der Waals surface area (Å²) in [6.45, 7) is 17.0. The maximum atomic E-state index is 6.39. The molecule has 1 atom stereocenters. The van der Waals surface area contributed by atoms with E-state index < -0.39 is 9.28 Å². The Kier molecular flexibility index (Phi) is 7.03. The van der Waals surface area contributed by atoms with E-state index in [-0.39, 0.29) is 17.2 Å². The molecule has 1 saturated heterocycles. The molecule has 1 aliphatic rings. The third kappa shape index (κ3) is 5.78. The van der Waals surface area contributed by atoms with Crippen LogP contribution in [0.5, 0.6) is 0 Å². The fourth-order valence-electron chi connectivity index (χ4n) is 4.24. The highest BCUT2D eigenvalue weighted by Crippen LogP contribution is 2.39. The van der Waals surface area contributed by atoms with Crippen molar-refractivity contribution in [2.24, 2.45) is 0 Å². The largest absolute Gasteiger partial charge is 0.396 e. The van der Waals surface area contributed by atoms with Crippen LogP contribution in [0, 0.1) is 0 Å². The van der Waals surface area contributed by atoms with Crippen LogP contribution in [0.15, 0.2) is 43.0 Å². The molecule has 0 aliphatic carbocycles. The van der Waals surface area contributed by atoms with Gasteiger partial charge in [0.05, 0.1) is 6.10 Å². The van der Waals surface area contributed by atoms with Gasteiger partial charge in [-0.15, -0.1) is 6.58 Å². The molecular formula is C21H35NO2Si. The second-order valence-corrected chi connectivity index (χ2v) is 10.1. The Hall–Kier alpha value is -0.943. The van der Waals surface area contributed by atoms with Crippen molar-refractivity contribution in [3.63, 3.8) is 0 Å². The van der Waals surface area contributed by atoms with Crippen LogP contribution in [0.2, 0.25) is 6.55 Å². The van der Waals surface area contributed by atoms with Crippen LogP contribution in [0.1, 0.15) is 46.1 Å². The molecule has 1 aromatic carbocycles. The number of hydrogen-bond donors (Lipinski definition) is 0. The molecule has 0 radical (unpaired) electrons. The Morgan fingerprint density at radius 3 is 2.32 bits per heavy atom.